The molecule has 0 heterocycles. The average Bonchev–Trinajstić information content (AvgIpc) is 3.20. The maximum atomic E-state index is 14.0. The number of alkyl carbamates (subject to hydrolysis) is 1. The Morgan fingerprint density at radius 1 is 1.00 bits per heavy atom. The lowest BCUT2D eigenvalue weighted by molar-refractivity contribution is -0.139. The summed E-state index contributed by atoms with van der Waals surface area (Å²) in [5, 5.41) is 22.5. The first-order valence-corrected chi connectivity index (χ1v) is 10.8. The first-order chi connectivity index (χ1) is 16.2. The summed E-state index contributed by atoms with van der Waals surface area (Å²) >= 11 is 0. The minimum absolute atomic E-state index is 0.0340. The van der Waals surface area contributed by atoms with Gasteiger partial charge in [0.2, 0.25) is 5.91 Å². The summed E-state index contributed by atoms with van der Waals surface area (Å²) in [5.74, 6) is -8.85. The van der Waals surface area contributed by atoms with Crippen LogP contribution in [0.15, 0.2) is 48.5 Å². The monoisotopic (exact) mass is 474 g/mol. The Kier molecular flexibility index (Phi) is 6.52. The van der Waals surface area contributed by atoms with Crippen LogP contribution in [0.5, 0.6) is 0 Å². The lowest BCUT2D eigenvalue weighted by Gasteiger charge is -2.14. The van der Waals surface area contributed by atoms with Crippen molar-refractivity contribution in [2.45, 2.75) is 24.4 Å². The van der Waals surface area contributed by atoms with E-state index in [4.69, 9.17) is 9.84 Å². The van der Waals surface area contributed by atoms with Gasteiger partial charge >= 0.3 is 12.1 Å². The Morgan fingerprint density at radius 2 is 1.59 bits per heavy atom. The topological polar surface area (TPSA) is 125 Å². The number of carbonyl (C=O) groups is 3. The number of halogens is 2. The van der Waals surface area contributed by atoms with Crippen molar-refractivity contribution >= 4 is 18.0 Å². The molecular formula is C24H24F2N2O6. The number of hydrogen-bond donors (Lipinski definition) is 4. The van der Waals surface area contributed by atoms with Gasteiger partial charge in [-0.1, -0.05) is 48.5 Å². The van der Waals surface area contributed by atoms with Crippen molar-refractivity contribution in [1.29, 1.82) is 0 Å². The lowest BCUT2D eigenvalue weighted by atomic mass is 9.98. The van der Waals surface area contributed by atoms with Gasteiger partial charge in [0.15, 0.2) is 0 Å². The van der Waals surface area contributed by atoms with Crippen LogP contribution in [0.25, 0.3) is 11.1 Å². The Morgan fingerprint density at radius 3 is 2.18 bits per heavy atom. The average molecular weight is 474 g/mol. The number of hydrogen-bond acceptors (Lipinski definition) is 5. The fourth-order valence-electron chi connectivity index (χ4n) is 4.45. The minimum atomic E-state index is -3.32. The van der Waals surface area contributed by atoms with Crippen LogP contribution in [0, 0.1) is 11.8 Å². The number of aliphatic hydroxyl groups excluding tert-OH is 1. The molecule has 3 atom stereocenters. The first-order valence-electron chi connectivity index (χ1n) is 10.8. The zero-order valence-corrected chi connectivity index (χ0v) is 18.0. The third-order valence-electron chi connectivity index (χ3n) is 6.22. The van der Waals surface area contributed by atoms with E-state index >= 15 is 0 Å². The van der Waals surface area contributed by atoms with E-state index in [1.54, 1.807) is 0 Å². The second kappa shape index (κ2) is 9.38. The number of aliphatic carboxylic acids is 1. The number of carboxylic acids is 1. The highest BCUT2D eigenvalue weighted by Crippen LogP contribution is 2.55. The van der Waals surface area contributed by atoms with Gasteiger partial charge in [-0.2, -0.15) is 0 Å². The zero-order valence-electron chi connectivity index (χ0n) is 18.0. The Bertz CT molecular complexity index is 1060. The molecule has 8 nitrogen and oxygen atoms in total. The molecule has 2 aromatic carbocycles. The molecule has 0 saturated heterocycles. The molecule has 1 saturated carbocycles. The van der Waals surface area contributed by atoms with Gasteiger partial charge in [-0.15, -0.1) is 0 Å². The maximum absolute atomic E-state index is 14.0. The van der Waals surface area contributed by atoms with Gasteiger partial charge in [0.05, 0.1) is 18.4 Å². The summed E-state index contributed by atoms with van der Waals surface area (Å²) in [4.78, 5) is 34.7. The minimum Gasteiger partial charge on any atom is -0.481 e. The molecule has 0 spiro atoms. The number of ether oxygens (including phenoxy) is 1. The van der Waals surface area contributed by atoms with Crippen LogP contribution in [0.4, 0.5) is 13.6 Å². The summed E-state index contributed by atoms with van der Waals surface area (Å²) in [6, 6.07) is 15.6. The van der Waals surface area contributed by atoms with Gasteiger partial charge in [0, 0.05) is 19.0 Å². The fraction of sp³-hybridized carbons (Fsp3) is 0.375. The number of benzene rings is 2. The summed E-state index contributed by atoms with van der Waals surface area (Å²) < 4.78 is 33.4. The van der Waals surface area contributed by atoms with Gasteiger partial charge in [0.1, 0.15) is 12.5 Å². The number of nitrogens with one attached hydrogen (secondary N) is 2. The second-order valence-corrected chi connectivity index (χ2v) is 8.46. The molecule has 0 bridgehead atoms. The molecular weight excluding hydrogens is 450 g/mol. The van der Waals surface area contributed by atoms with Crippen LogP contribution in [-0.4, -0.2) is 59.9 Å². The summed E-state index contributed by atoms with van der Waals surface area (Å²) in [5.41, 5.74) is 4.17. The molecule has 2 aliphatic rings. The predicted molar refractivity (Wildman–Crippen MR) is 116 cm³/mol. The molecule has 2 amide bonds. The number of carbonyl (C=O) groups excluding carboxylic acids is 2. The highest BCUT2D eigenvalue weighted by Gasteiger charge is 2.71. The van der Waals surface area contributed by atoms with Gasteiger partial charge in [-0.25, -0.2) is 13.6 Å². The quantitative estimate of drug-likeness (QED) is 0.442. The van der Waals surface area contributed by atoms with E-state index in [-0.39, 0.29) is 12.5 Å². The van der Waals surface area contributed by atoms with Crippen molar-refractivity contribution < 1.29 is 38.1 Å². The molecule has 34 heavy (non-hydrogen) atoms. The Hall–Kier alpha value is -3.53. The van der Waals surface area contributed by atoms with E-state index in [0.29, 0.717) is 0 Å². The largest absolute Gasteiger partial charge is 0.481 e. The maximum Gasteiger partial charge on any atom is 0.407 e. The van der Waals surface area contributed by atoms with E-state index in [1.807, 2.05) is 48.5 Å². The van der Waals surface area contributed by atoms with Gasteiger partial charge in [-0.05, 0) is 22.3 Å². The van der Waals surface area contributed by atoms with E-state index < -0.39 is 61.3 Å². The molecule has 4 rings (SSSR count). The van der Waals surface area contributed by atoms with E-state index in [1.165, 1.54) is 0 Å². The number of rotatable bonds is 9. The van der Waals surface area contributed by atoms with Gasteiger partial charge in [0.25, 0.3) is 5.92 Å². The zero-order chi connectivity index (χ0) is 24.5. The summed E-state index contributed by atoms with van der Waals surface area (Å²) in [6.45, 7) is -0.879. The Labute approximate surface area is 193 Å². The van der Waals surface area contributed by atoms with E-state index in [0.717, 1.165) is 22.3 Å². The van der Waals surface area contributed by atoms with Crippen molar-refractivity contribution in [2.75, 3.05) is 19.7 Å². The van der Waals surface area contributed by atoms with E-state index in [9.17, 15) is 28.3 Å². The number of alkyl halides is 2. The van der Waals surface area contributed by atoms with E-state index in [2.05, 4.69) is 10.6 Å². The molecule has 2 aromatic rings. The predicted octanol–water partition coefficient (Wildman–Crippen LogP) is 2.36. The summed E-state index contributed by atoms with van der Waals surface area (Å²) in [6.07, 6.45) is -2.86. The molecule has 10 heteroatoms. The van der Waals surface area contributed by atoms with Crippen LogP contribution in [-0.2, 0) is 14.3 Å². The highest BCUT2D eigenvalue weighted by atomic mass is 19.3. The van der Waals surface area contributed by atoms with Gasteiger partial charge < -0.3 is 25.6 Å². The van der Waals surface area contributed by atoms with Gasteiger partial charge in [-0.3, -0.25) is 9.59 Å². The number of fused-ring (bicyclic) bond motifs is 3. The van der Waals surface area contributed by atoms with Crippen molar-refractivity contribution in [1.82, 2.24) is 10.6 Å². The molecule has 1 unspecified atom stereocenters. The third kappa shape index (κ3) is 4.72. The summed E-state index contributed by atoms with van der Waals surface area (Å²) in [7, 11) is 0. The second-order valence-electron chi connectivity index (χ2n) is 8.46. The van der Waals surface area contributed by atoms with Crippen LogP contribution >= 0.6 is 0 Å². The Balaban J connectivity index is 1.27. The normalized spacial score (nSPS) is 20.6. The van der Waals surface area contributed by atoms with Crippen LogP contribution in [0.3, 0.4) is 0 Å². The molecule has 4 N–H and O–H groups in total. The fourth-order valence-corrected chi connectivity index (χ4v) is 4.45. The number of carboxylic acid groups (broad SMARTS) is 1. The number of aliphatic hydroxyl groups is 1. The molecule has 0 radical (unpaired) electrons. The van der Waals surface area contributed by atoms with Crippen LogP contribution < -0.4 is 10.6 Å². The standard InChI is InChI=1S/C24H24F2N2O6/c25-24(26)19(21(24)22(32)27-10-13(29)9-20(30)31)11-28-23(33)34-12-18-16-7-3-1-5-14(16)15-6-2-4-8-17(15)18/h1-8,13,18-19,21,29H,9-12H2,(H,27,32)(H,28,33)(H,30,31)/t13?,19-,21-/m0/s1. The van der Waals surface area contributed by atoms with Crippen molar-refractivity contribution in [3.8, 4) is 11.1 Å². The third-order valence-corrected chi connectivity index (χ3v) is 6.22. The SMILES string of the molecule is O=C(O)CC(O)CNC(=O)[C@@H]1[C@H](CNC(=O)OCC2c3ccccc3-c3ccccc32)C1(F)F. The van der Waals surface area contributed by atoms with Crippen molar-refractivity contribution in [2.24, 2.45) is 11.8 Å². The van der Waals surface area contributed by atoms with Crippen molar-refractivity contribution in [3.05, 3.63) is 59.7 Å². The van der Waals surface area contributed by atoms with Crippen LogP contribution in [0.1, 0.15) is 23.5 Å². The molecule has 0 aromatic heterocycles. The lowest BCUT2D eigenvalue weighted by Crippen LogP contribution is -2.35. The molecule has 0 aliphatic heterocycles. The molecule has 2 aliphatic carbocycles. The van der Waals surface area contributed by atoms with Crippen molar-refractivity contribution in [3.63, 3.8) is 0 Å². The molecule has 180 valence electrons. The highest BCUT2D eigenvalue weighted by molar-refractivity contribution is 5.84. The number of amides is 2. The first kappa shape index (κ1) is 23.6. The van der Waals surface area contributed by atoms with Crippen LogP contribution in [0.2, 0.25) is 0 Å². The molecule has 1 fully saturated rings. The smallest absolute Gasteiger partial charge is 0.407 e.